The van der Waals surface area contributed by atoms with Gasteiger partial charge in [0.15, 0.2) is 0 Å². The van der Waals surface area contributed by atoms with Crippen molar-refractivity contribution in [2.24, 2.45) is 0 Å². The van der Waals surface area contributed by atoms with Crippen LogP contribution < -0.4 is 0 Å². The molecule has 0 aromatic rings. The van der Waals surface area contributed by atoms with Gasteiger partial charge in [0, 0.05) is 0 Å². The molecule has 0 rings (SSSR count). The van der Waals surface area contributed by atoms with Gasteiger partial charge in [-0.2, -0.15) is 0 Å². The maximum absolute atomic E-state index is 10.1. The monoisotopic (exact) mass is 170 g/mol. The van der Waals surface area contributed by atoms with E-state index in [1.54, 1.807) is 0 Å². The average molecular weight is 170 g/mol. The first-order chi connectivity index (χ1) is 5.77. The van der Waals surface area contributed by atoms with Crippen molar-refractivity contribution >= 4 is 5.97 Å². The van der Waals surface area contributed by atoms with Crippen molar-refractivity contribution in [3.05, 3.63) is 13.3 Å². The molecule has 0 unspecified atom stereocenters. The van der Waals surface area contributed by atoms with Gasteiger partial charge < -0.3 is 5.11 Å². The van der Waals surface area contributed by atoms with E-state index in [4.69, 9.17) is 5.11 Å². The van der Waals surface area contributed by atoms with Gasteiger partial charge in [0.05, 0.1) is 6.42 Å². The number of rotatable bonds is 8. The summed E-state index contributed by atoms with van der Waals surface area (Å²) in [4.78, 5) is 10.1. The molecule has 0 saturated carbocycles. The summed E-state index contributed by atoms with van der Waals surface area (Å²) in [5, 5.41) is 8.29. The zero-order chi connectivity index (χ0) is 9.23. The quantitative estimate of drug-likeness (QED) is 0.569. The molecular formula is C10H18O2. The van der Waals surface area contributed by atoms with Crippen molar-refractivity contribution in [1.82, 2.24) is 0 Å². The molecule has 0 amide bonds. The van der Waals surface area contributed by atoms with E-state index in [0.717, 1.165) is 19.3 Å². The Labute approximate surface area is 75.0 Å². The Bertz CT molecular complexity index is 110. The maximum atomic E-state index is 10.1. The van der Waals surface area contributed by atoms with E-state index in [1.165, 1.54) is 25.7 Å². The SMILES string of the molecule is [CH2]CCCCCCC[CH]C(=O)O. The first-order valence-corrected chi connectivity index (χ1v) is 4.62. The van der Waals surface area contributed by atoms with Gasteiger partial charge in [0.1, 0.15) is 0 Å². The maximum Gasteiger partial charge on any atom is 0.307 e. The number of carboxylic acid groups (broad SMARTS) is 1. The third-order valence-corrected chi connectivity index (χ3v) is 1.77. The Morgan fingerprint density at radius 3 is 2.33 bits per heavy atom. The van der Waals surface area contributed by atoms with E-state index in [0.29, 0.717) is 6.42 Å². The fraction of sp³-hybridized carbons (Fsp3) is 0.700. The highest BCUT2D eigenvalue weighted by molar-refractivity contribution is 5.76. The highest BCUT2D eigenvalue weighted by atomic mass is 16.4. The second-order valence-electron chi connectivity index (χ2n) is 2.95. The predicted molar refractivity (Wildman–Crippen MR) is 49.6 cm³/mol. The summed E-state index contributed by atoms with van der Waals surface area (Å²) in [5.74, 6) is -0.798. The smallest absolute Gasteiger partial charge is 0.307 e. The van der Waals surface area contributed by atoms with Crippen molar-refractivity contribution in [3.63, 3.8) is 0 Å². The second-order valence-corrected chi connectivity index (χ2v) is 2.95. The van der Waals surface area contributed by atoms with Crippen LogP contribution in [0.15, 0.2) is 0 Å². The molecule has 0 aliphatic rings. The fourth-order valence-electron chi connectivity index (χ4n) is 1.08. The molecule has 0 aromatic heterocycles. The number of unbranched alkanes of at least 4 members (excludes halogenated alkanes) is 6. The predicted octanol–water partition coefficient (Wildman–Crippen LogP) is 2.84. The highest BCUT2D eigenvalue weighted by Gasteiger charge is 1.96. The van der Waals surface area contributed by atoms with Gasteiger partial charge in [-0.25, -0.2) is 0 Å². The molecule has 12 heavy (non-hydrogen) atoms. The Kier molecular flexibility index (Phi) is 8.19. The summed E-state index contributed by atoms with van der Waals surface area (Å²) in [6.45, 7) is 3.76. The minimum Gasteiger partial charge on any atom is -0.481 e. The lowest BCUT2D eigenvalue weighted by Crippen LogP contribution is -1.94. The van der Waals surface area contributed by atoms with Crippen LogP contribution in [0.25, 0.3) is 0 Å². The van der Waals surface area contributed by atoms with Crippen LogP contribution in [0.5, 0.6) is 0 Å². The van der Waals surface area contributed by atoms with Crippen LogP contribution in [0, 0.1) is 13.3 Å². The second kappa shape index (κ2) is 8.57. The summed E-state index contributed by atoms with van der Waals surface area (Å²) in [5.41, 5.74) is 0. The molecule has 0 spiro atoms. The molecule has 0 fully saturated rings. The summed E-state index contributed by atoms with van der Waals surface area (Å²) in [6, 6.07) is 0. The molecule has 0 aliphatic heterocycles. The summed E-state index contributed by atoms with van der Waals surface area (Å²) < 4.78 is 0. The lowest BCUT2D eigenvalue weighted by molar-refractivity contribution is -0.133. The molecule has 0 aliphatic carbocycles. The minimum atomic E-state index is -0.798. The Morgan fingerprint density at radius 1 is 1.17 bits per heavy atom. The molecule has 2 nitrogen and oxygen atoms in total. The topological polar surface area (TPSA) is 37.3 Å². The van der Waals surface area contributed by atoms with Crippen LogP contribution in [0.2, 0.25) is 0 Å². The van der Waals surface area contributed by atoms with Crippen LogP contribution in [-0.2, 0) is 4.79 Å². The molecular weight excluding hydrogens is 152 g/mol. The van der Waals surface area contributed by atoms with Gasteiger partial charge in [0.2, 0.25) is 0 Å². The normalized spacial score (nSPS) is 10.1. The van der Waals surface area contributed by atoms with Crippen LogP contribution in [0.4, 0.5) is 0 Å². The highest BCUT2D eigenvalue weighted by Crippen LogP contribution is 2.07. The fourth-order valence-corrected chi connectivity index (χ4v) is 1.08. The lowest BCUT2D eigenvalue weighted by atomic mass is 10.1. The minimum absolute atomic E-state index is 0.708. The van der Waals surface area contributed by atoms with E-state index < -0.39 is 5.97 Å². The molecule has 0 atom stereocenters. The van der Waals surface area contributed by atoms with Crippen molar-refractivity contribution < 1.29 is 9.90 Å². The molecule has 0 aromatic carbocycles. The standard InChI is InChI=1S/C10H18O2/c1-2-3-4-5-6-7-8-9-10(11)12/h9H,1-8H2,(H,11,12). The van der Waals surface area contributed by atoms with E-state index >= 15 is 0 Å². The third kappa shape index (κ3) is 9.47. The van der Waals surface area contributed by atoms with Gasteiger partial charge in [-0.1, -0.05) is 45.4 Å². The molecule has 1 N–H and O–H groups in total. The number of hydrogen-bond acceptors (Lipinski definition) is 1. The number of hydrogen-bond donors (Lipinski definition) is 1. The van der Waals surface area contributed by atoms with Crippen LogP contribution in [-0.4, -0.2) is 11.1 Å². The van der Waals surface area contributed by atoms with Gasteiger partial charge in [-0.3, -0.25) is 4.79 Å². The summed E-state index contributed by atoms with van der Waals surface area (Å²) in [7, 11) is 0. The van der Waals surface area contributed by atoms with E-state index in [9.17, 15) is 4.79 Å². The molecule has 2 heteroatoms. The van der Waals surface area contributed by atoms with Gasteiger partial charge in [0.25, 0.3) is 0 Å². The van der Waals surface area contributed by atoms with Crippen molar-refractivity contribution in [2.45, 2.75) is 44.9 Å². The number of carbonyl (C=O) groups is 1. The van der Waals surface area contributed by atoms with Gasteiger partial charge in [-0.05, 0) is 6.42 Å². The van der Waals surface area contributed by atoms with Crippen molar-refractivity contribution in [3.8, 4) is 0 Å². The Morgan fingerprint density at radius 2 is 1.75 bits per heavy atom. The van der Waals surface area contributed by atoms with Crippen molar-refractivity contribution in [1.29, 1.82) is 0 Å². The van der Waals surface area contributed by atoms with Crippen molar-refractivity contribution in [2.75, 3.05) is 0 Å². The largest absolute Gasteiger partial charge is 0.481 e. The molecule has 0 heterocycles. The summed E-state index contributed by atoms with van der Waals surface area (Å²) in [6.07, 6.45) is 8.84. The van der Waals surface area contributed by atoms with E-state index in [1.807, 2.05) is 0 Å². The Balaban J connectivity index is 2.86. The van der Waals surface area contributed by atoms with Gasteiger partial charge in [-0.15, -0.1) is 0 Å². The average Bonchev–Trinajstić information content (AvgIpc) is 2.02. The lowest BCUT2D eigenvalue weighted by Gasteiger charge is -1.98. The van der Waals surface area contributed by atoms with E-state index in [-0.39, 0.29) is 0 Å². The number of carboxylic acids is 1. The van der Waals surface area contributed by atoms with Crippen LogP contribution >= 0.6 is 0 Å². The van der Waals surface area contributed by atoms with E-state index in [2.05, 4.69) is 6.92 Å². The first kappa shape index (κ1) is 11.5. The molecule has 0 bridgehead atoms. The zero-order valence-corrected chi connectivity index (χ0v) is 7.59. The molecule has 0 saturated heterocycles. The Hall–Kier alpha value is -0.530. The van der Waals surface area contributed by atoms with Crippen LogP contribution in [0.1, 0.15) is 44.9 Å². The third-order valence-electron chi connectivity index (χ3n) is 1.77. The molecule has 70 valence electrons. The molecule has 2 radical (unpaired) electrons. The first-order valence-electron chi connectivity index (χ1n) is 4.62. The summed E-state index contributed by atoms with van der Waals surface area (Å²) >= 11 is 0. The van der Waals surface area contributed by atoms with Gasteiger partial charge >= 0.3 is 5.97 Å². The van der Waals surface area contributed by atoms with Crippen LogP contribution in [0.3, 0.4) is 0 Å². The number of aliphatic carboxylic acids is 1. The zero-order valence-electron chi connectivity index (χ0n) is 7.59.